The van der Waals surface area contributed by atoms with Crippen molar-refractivity contribution < 1.29 is 9.53 Å². The molecule has 0 aliphatic carbocycles. The highest BCUT2D eigenvalue weighted by Gasteiger charge is 2.28. The van der Waals surface area contributed by atoms with E-state index in [1.165, 1.54) is 0 Å². The third-order valence-electron chi connectivity index (χ3n) is 5.89. The molecule has 9 heteroatoms. The van der Waals surface area contributed by atoms with Gasteiger partial charge in [0.2, 0.25) is 5.91 Å². The molecule has 4 rings (SSSR count). The fraction of sp³-hybridized carbons (Fsp3) is 0.684. The van der Waals surface area contributed by atoms with E-state index in [-0.39, 0.29) is 5.91 Å². The number of rotatable bonds is 5. The third-order valence-corrected chi connectivity index (χ3v) is 5.89. The molecule has 2 aliphatic rings. The molecule has 0 radical (unpaired) electrons. The number of carbonyl (C=O) groups is 1. The first-order chi connectivity index (χ1) is 13.6. The number of amides is 1. The van der Waals surface area contributed by atoms with Crippen LogP contribution in [0, 0.1) is 6.92 Å². The zero-order valence-electron chi connectivity index (χ0n) is 16.8. The molecule has 0 aromatic carbocycles. The van der Waals surface area contributed by atoms with Crippen molar-refractivity contribution in [2.75, 3.05) is 39.4 Å². The summed E-state index contributed by atoms with van der Waals surface area (Å²) in [5.41, 5.74) is 1.01. The number of ether oxygens (including phenoxy) is 1. The molecule has 0 atom stereocenters. The van der Waals surface area contributed by atoms with Crippen LogP contribution < -0.4 is 0 Å². The summed E-state index contributed by atoms with van der Waals surface area (Å²) in [7, 11) is 2.06. The van der Waals surface area contributed by atoms with Crippen molar-refractivity contribution in [2.24, 2.45) is 7.05 Å². The second-order valence-electron chi connectivity index (χ2n) is 7.71. The largest absolute Gasteiger partial charge is 0.379 e. The van der Waals surface area contributed by atoms with Crippen LogP contribution in [-0.2, 0) is 29.7 Å². The van der Waals surface area contributed by atoms with Crippen LogP contribution in [0.2, 0.25) is 0 Å². The van der Waals surface area contributed by atoms with E-state index < -0.39 is 0 Å². The van der Waals surface area contributed by atoms with Crippen molar-refractivity contribution in [1.29, 1.82) is 0 Å². The van der Waals surface area contributed by atoms with Gasteiger partial charge in [-0.05, 0) is 25.8 Å². The normalized spacial score (nSPS) is 19.3. The van der Waals surface area contributed by atoms with Crippen molar-refractivity contribution in [1.82, 2.24) is 34.3 Å². The second kappa shape index (κ2) is 8.40. The van der Waals surface area contributed by atoms with Gasteiger partial charge in [-0.1, -0.05) is 0 Å². The molecule has 9 nitrogen and oxygen atoms in total. The predicted octanol–water partition coefficient (Wildman–Crippen LogP) is 0.558. The maximum Gasteiger partial charge on any atom is 0.244 e. The molecule has 2 aromatic heterocycles. The van der Waals surface area contributed by atoms with E-state index in [0.717, 1.165) is 76.1 Å². The maximum atomic E-state index is 12.6. The highest BCUT2D eigenvalue weighted by molar-refractivity contribution is 5.76. The van der Waals surface area contributed by atoms with E-state index in [9.17, 15) is 4.79 Å². The van der Waals surface area contributed by atoms with Crippen LogP contribution in [0.4, 0.5) is 0 Å². The Labute approximate surface area is 165 Å². The zero-order valence-corrected chi connectivity index (χ0v) is 16.8. The van der Waals surface area contributed by atoms with Crippen LogP contribution in [0.3, 0.4) is 0 Å². The van der Waals surface area contributed by atoms with Gasteiger partial charge in [0.05, 0.1) is 19.8 Å². The number of aromatic nitrogens is 5. The summed E-state index contributed by atoms with van der Waals surface area (Å²) < 4.78 is 9.32. The van der Waals surface area contributed by atoms with E-state index in [0.29, 0.717) is 12.5 Å². The average molecular weight is 387 g/mol. The number of piperidine rings is 1. The van der Waals surface area contributed by atoms with Gasteiger partial charge in [0.15, 0.2) is 0 Å². The highest BCUT2D eigenvalue weighted by atomic mass is 16.5. The van der Waals surface area contributed by atoms with E-state index in [1.807, 2.05) is 17.9 Å². The molecule has 1 amide bonds. The molecular weight excluding hydrogens is 358 g/mol. The lowest BCUT2D eigenvalue weighted by atomic mass is 9.96. The number of carbonyl (C=O) groups excluding carboxylic acids is 1. The smallest absolute Gasteiger partial charge is 0.244 e. The molecule has 0 saturated carbocycles. The lowest BCUT2D eigenvalue weighted by Crippen LogP contribution is -2.40. The Kier molecular flexibility index (Phi) is 5.72. The topological polar surface area (TPSA) is 81.3 Å². The molecule has 0 bridgehead atoms. The van der Waals surface area contributed by atoms with Gasteiger partial charge in [0.25, 0.3) is 0 Å². The van der Waals surface area contributed by atoms with Crippen molar-refractivity contribution in [3.63, 3.8) is 0 Å². The SMILES string of the molecule is Cc1ccnn1CC(=O)N1CCC(c2nnc(CN3CCOCC3)n2C)CC1. The summed E-state index contributed by atoms with van der Waals surface area (Å²) in [5, 5.41) is 13.1. The Morgan fingerprint density at radius 3 is 2.61 bits per heavy atom. The van der Waals surface area contributed by atoms with Crippen LogP contribution in [0.1, 0.15) is 36.1 Å². The van der Waals surface area contributed by atoms with Gasteiger partial charge < -0.3 is 14.2 Å². The van der Waals surface area contributed by atoms with E-state index >= 15 is 0 Å². The summed E-state index contributed by atoms with van der Waals surface area (Å²) in [6, 6.07) is 1.92. The zero-order chi connectivity index (χ0) is 19.5. The molecule has 4 heterocycles. The van der Waals surface area contributed by atoms with Gasteiger partial charge in [0, 0.05) is 51.0 Å². The van der Waals surface area contributed by atoms with E-state index in [2.05, 4.69) is 31.8 Å². The Morgan fingerprint density at radius 1 is 1.18 bits per heavy atom. The van der Waals surface area contributed by atoms with Crippen molar-refractivity contribution in [3.05, 3.63) is 29.6 Å². The highest BCUT2D eigenvalue weighted by Crippen LogP contribution is 2.27. The fourth-order valence-corrected chi connectivity index (χ4v) is 4.01. The average Bonchev–Trinajstić information content (AvgIpc) is 3.28. The molecule has 152 valence electrons. The fourth-order valence-electron chi connectivity index (χ4n) is 4.01. The van der Waals surface area contributed by atoms with Crippen molar-refractivity contribution >= 4 is 5.91 Å². The first-order valence-electron chi connectivity index (χ1n) is 10.1. The molecule has 2 fully saturated rings. The van der Waals surface area contributed by atoms with Gasteiger partial charge in [-0.25, -0.2) is 0 Å². The number of hydrogen-bond acceptors (Lipinski definition) is 6. The molecule has 0 N–H and O–H groups in total. The van der Waals surface area contributed by atoms with Gasteiger partial charge in [-0.2, -0.15) is 5.10 Å². The lowest BCUT2D eigenvalue weighted by molar-refractivity contribution is -0.133. The van der Waals surface area contributed by atoms with Crippen LogP contribution >= 0.6 is 0 Å². The molecular formula is C19H29N7O2. The lowest BCUT2D eigenvalue weighted by Gasteiger charge is -2.31. The minimum Gasteiger partial charge on any atom is -0.379 e. The number of nitrogens with zero attached hydrogens (tertiary/aromatic N) is 7. The monoisotopic (exact) mass is 387 g/mol. The Morgan fingerprint density at radius 2 is 1.93 bits per heavy atom. The first kappa shape index (κ1) is 19.1. The van der Waals surface area contributed by atoms with Crippen LogP contribution in [-0.4, -0.2) is 79.6 Å². The number of hydrogen-bond donors (Lipinski definition) is 0. The van der Waals surface area contributed by atoms with Gasteiger partial charge in [-0.3, -0.25) is 14.4 Å². The van der Waals surface area contributed by atoms with Gasteiger partial charge >= 0.3 is 0 Å². The quantitative estimate of drug-likeness (QED) is 0.746. The predicted molar refractivity (Wildman–Crippen MR) is 103 cm³/mol. The Bertz CT molecular complexity index is 801. The van der Waals surface area contributed by atoms with Crippen LogP contribution in [0.25, 0.3) is 0 Å². The summed E-state index contributed by atoms with van der Waals surface area (Å²) >= 11 is 0. The Hall–Kier alpha value is -2.26. The number of aryl methyl sites for hydroxylation is 1. The molecule has 2 aromatic rings. The summed E-state index contributed by atoms with van der Waals surface area (Å²) in [5.74, 6) is 2.53. The number of morpholine rings is 1. The Balaban J connectivity index is 1.32. The first-order valence-corrected chi connectivity index (χ1v) is 10.1. The molecule has 2 aliphatic heterocycles. The number of likely N-dealkylation sites (tertiary alicyclic amines) is 1. The summed E-state index contributed by atoms with van der Waals surface area (Å²) in [6.07, 6.45) is 3.58. The van der Waals surface area contributed by atoms with E-state index in [1.54, 1.807) is 10.9 Å². The minimum atomic E-state index is 0.135. The van der Waals surface area contributed by atoms with Gasteiger partial charge in [0.1, 0.15) is 18.2 Å². The molecule has 0 unspecified atom stereocenters. The van der Waals surface area contributed by atoms with Crippen molar-refractivity contribution in [3.8, 4) is 0 Å². The molecule has 2 saturated heterocycles. The summed E-state index contributed by atoms with van der Waals surface area (Å²) in [6.45, 7) is 8.08. The maximum absolute atomic E-state index is 12.6. The third kappa shape index (κ3) is 4.10. The standard InChI is InChI=1S/C19H29N7O2/c1-15-3-6-20-26(15)14-18(27)25-7-4-16(5-8-25)19-22-21-17(23(19)2)13-24-9-11-28-12-10-24/h3,6,16H,4-5,7-14H2,1-2H3. The van der Waals surface area contributed by atoms with Gasteiger partial charge in [-0.15, -0.1) is 10.2 Å². The van der Waals surface area contributed by atoms with Crippen LogP contribution in [0.15, 0.2) is 12.3 Å². The summed E-state index contributed by atoms with van der Waals surface area (Å²) in [4.78, 5) is 16.9. The van der Waals surface area contributed by atoms with Crippen molar-refractivity contribution in [2.45, 2.75) is 38.8 Å². The second-order valence-corrected chi connectivity index (χ2v) is 7.71. The molecule has 0 spiro atoms. The van der Waals surface area contributed by atoms with Crippen LogP contribution in [0.5, 0.6) is 0 Å². The van der Waals surface area contributed by atoms with E-state index in [4.69, 9.17) is 4.74 Å². The molecule has 28 heavy (non-hydrogen) atoms. The minimum absolute atomic E-state index is 0.135.